The molecule has 0 spiro atoms. The number of aliphatic hydroxyl groups is 1. The van der Waals surface area contributed by atoms with Gasteiger partial charge in [-0.1, -0.05) is 18.6 Å². The van der Waals surface area contributed by atoms with Gasteiger partial charge in [-0.15, -0.1) is 0 Å². The topological polar surface area (TPSA) is 55.8 Å². The van der Waals surface area contributed by atoms with Crippen LogP contribution < -0.4 is 0 Å². The predicted octanol–water partition coefficient (Wildman–Crippen LogP) is 5.07. The van der Waals surface area contributed by atoms with Gasteiger partial charge >= 0.3 is 5.97 Å². The molecule has 29 heavy (non-hydrogen) atoms. The van der Waals surface area contributed by atoms with E-state index in [1.165, 1.54) is 5.57 Å². The molecule has 7 atom stereocenters. The number of carbonyl (C=O) groups is 1. The lowest BCUT2D eigenvalue weighted by Crippen LogP contribution is -2.54. The summed E-state index contributed by atoms with van der Waals surface area (Å²) in [6.07, 6.45) is 11.5. The maximum Gasteiger partial charge on any atom is 0.302 e. The van der Waals surface area contributed by atoms with Crippen LogP contribution in [0.5, 0.6) is 0 Å². The van der Waals surface area contributed by atoms with Gasteiger partial charge in [-0.2, -0.15) is 0 Å². The maximum atomic E-state index is 11.6. The van der Waals surface area contributed by atoms with Crippen LogP contribution in [0.1, 0.15) is 65.2 Å². The fraction of sp³-hybridized carbons (Fsp3) is 0.875. The molecular weight excluding hydrogens is 380 g/mol. The zero-order chi connectivity index (χ0) is 21.0. The van der Waals surface area contributed by atoms with Crippen molar-refractivity contribution >= 4 is 14.3 Å². The van der Waals surface area contributed by atoms with E-state index in [1.807, 2.05) is 0 Å². The molecule has 4 rings (SSSR count). The highest BCUT2D eigenvalue weighted by atomic mass is 28.4. The van der Waals surface area contributed by atoms with Crippen molar-refractivity contribution in [1.29, 1.82) is 0 Å². The predicted molar refractivity (Wildman–Crippen MR) is 117 cm³/mol. The molecule has 4 aliphatic carbocycles. The van der Waals surface area contributed by atoms with Crippen molar-refractivity contribution in [3.63, 3.8) is 0 Å². The van der Waals surface area contributed by atoms with E-state index in [0.29, 0.717) is 23.9 Å². The summed E-state index contributed by atoms with van der Waals surface area (Å²) in [5.41, 5.74) is 1.55. The van der Waals surface area contributed by atoms with Crippen LogP contribution in [0.15, 0.2) is 11.6 Å². The molecule has 3 saturated carbocycles. The van der Waals surface area contributed by atoms with E-state index >= 15 is 0 Å². The van der Waals surface area contributed by atoms with E-state index in [4.69, 9.17) is 9.16 Å². The molecule has 4 nitrogen and oxygen atoms in total. The molecule has 1 N–H and O–H groups in total. The first kappa shape index (κ1) is 21.6. The van der Waals surface area contributed by atoms with Crippen molar-refractivity contribution < 1.29 is 19.1 Å². The second-order valence-electron chi connectivity index (χ2n) is 11.5. The van der Waals surface area contributed by atoms with E-state index in [9.17, 15) is 9.90 Å². The molecule has 0 aliphatic heterocycles. The summed E-state index contributed by atoms with van der Waals surface area (Å²) in [5.74, 6) is 1.63. The zero-order valence-corrected chi connectivity index (χ0v) is 20.0. The first-order chi connectivity index (χ1) is 13.6. The van der Waals surface area contributed by atoms with Crippen LogP contribution in [0.2, 0.25) is 19.6 Å². The molecule has 0 aromatic carbocycles. The smallest absolute Gasteiger partial charge is 0.302 e. The monoisotopic (exact) mass is 420 g/mol. The Morgan fingerprint density at radius 3 is 2.59 bits per heavy atom. The minimum atomic E-state index is -1.55. The van der Waals surface area contributed by atoms with Crippen molar-refractivity contribution in [3.8, 4) is 0 Å². The molecule has 0 aromatic heterocycles. The first-order valence-electron chi connectivity index (χ1n) is 11.7. The Hall–Kier alpha value is -0.653. The number of rotatable bonds is 4. The summed E-state index contributed by atoms with van der Waals surface area (Å²) >= 11 is 0. The summed E-state index contributed by atoms with van der Waals surface area (Å²) < 4.78 is 12.2. The van der Waals surface area contributed by atoms with Crippen molar-refractivity contribution in [3.05, 3.63) is 11.6 Å². The van der Waals surface area contributed by atoms with Gasteiger partial charge in [0.05, 0.1) is 6.61 Å². The van der Waals surface area contributed by atoms with Crippen LogP contribution in [0.25, 0.3) is 0 Å². The summed E-state index contributed by atoms with van der Waals surface area (Å²) in [7, 11) is -1.55. The van der Waals surface area contributed by atoms with Crippen LogP contribution >= 0.6 is 0 Å². The third-order valence-corrected chi connectivity index (χ3v) is 9.85. The lowest BCUT2D eigenvalue weighted by Gasteiger charge is -2.58. The van der Waals surface area contributed by atoms with E-state index in [2.05, 4.69) is 32.6 Å². The lowest BCUT2D eigenvalue weighted by atomic mass is 9.47. The number of hydrogen-bond donors (Lipinski definition) is 1. The summed E-state index contributed by atoms with van der Waals surface area (Å²) in [5, 5.41) is 10.7. The average molecular weight is 421 g/mol. The fourth-order valence-electron chi connectivity index (χ4n) is 7.66. The highest BCUT2D eigenvalue weighted by molar-refractivity contribution is 6.69. The quantitative estimate of drug-likeness (QED) is 0.392. The van der Waals surface area contributed by atoms with Gasteiger partial charge in [0, 0.05) is 23.9 Å². The highest BCUT2D eigenvalue weighted by Crippen LogP contribution is 2.65. The molecule has 0 saturated heterocycles. The van der Waals surface area contributed by atoms with Gasteiger partial charge in [0.15, 0.2) is 8.32 Å². The van der Waals surface area contributed by atoms with Crippen LogP contribution in [0, 0.1) is 28.6 Å². The maximum absolute atomic E-state index is 11.6. The first-order valence-corrected chi connectivity index (χ1v) is 15.2. The third kappa shape index (κ3) is 3.65. The Kier molecular flexibility index (Phi) is 5.57. The van der Waals surface area contributed by atoms with Gasteiger partial charge < -0.3 is 14.3 Å². The standard InChI is InChI=1S/C24H40O4Si/c1-16(26)27-22-9-8-20-19-7-6-17-14-18(28-29(3,4)5)10-13-24(17,15-25)21(19)11-12-23(20,22)2/h6,18-22,25H,7-15H2,1-5H3/t18-,19-,20-,21-,22-,23-,24+/m0/s1. The summed E-state index contributed by atoms with van der Waals surface area (Å²) in [6.45, 7) is 11.0. The molecule has 0 bridgehead atoms. The van der Waals surface area contributed by atoms with E-state index < -0.39 is 8.32 Å². The molecular formula is C24H40O4Si. The zero-order valence-electron chi connectivity index (χ0n) is 19.0. The molecule has 0 amide bonds. The van der Waals surface area contributed by atoms with Gasteiger partial charge in [-0.05, 0) is 88.8 Å². The Bertz CT molecular complexity index is 683. The van der Waals surface area contributed by atoms with Crippen molar-refractivity contribution in [2.75, 3.05) is 6.61 Å². The van der Waals surface area contributed by atoms with Crippen LogP contribution in [0.4, 0.5) is 0 Å². The molecule has 3 fully saturated rings. The number of esters is 1. The average Bonchev–Trinajstić information content (AvgIpc) is 2.96. The summed E-state index contributed by atoms with van der Waals surface area (Å²) in [6, 6.07) is 0. The Balaban J connectivity index is 1.57. The van der Waals surface area contributed by atoms with Crippen molar-refractivity contribution in [1.82, 2.24) is 0 Å². The molecule has 0 radical (unpaired) electrons. The normalized spacial score (nSPS) is 44.3. The van der Waals surface area contributed by atoms with Crippen LogP contribution in [-0.4, -0.2) is 38.2 Å². The number of fused-ring (bicyclic) bond motifs is 5. The van der Waals surface area contributed by atoms with Gasteiger partial charge in [0.2, 0.25) is 0 Å². The van der Waals surface area contributed by atoms with Gasteiger partial charge in [0.25, 0.3) is 0 Å². The molecule has 0 unspecified atom stereocenters. The lowest BCUT2D eigenvalue weighted by molar-refractivity contribution is -0.157. The molecule has 5 heteroatoms. The Labute approximate surface area is 177 Å². The van der Waals surface area contributed by atoms with Gasteiger partial charge in [-0.3, -0.25) is 4.79 Å². The van der Waals surface area contributed by atoms with Gasteiger partial charge in [-0.25, -0.2) is 0 Å². The Morgan fingerprint density at radius 1 is 1.17 bits per heavy atom. The highest BCUT2D eigenvalue weighted by Gasteiger charge is 2.60. The molecule has 164 valence electrons. The third-order valence-electron chi connectivity index (χ3n) is 8.81. The molecule has 4 aliphatic rings. The van der Waals surface area contributed by atoms with Gasteiger partial charge in [0.1, 0.15) is 6.10 Å². The van der Waals surface area contributed by atoms with Crippen LogP contribution in [-0.2, 0) is 14.0 Å². The molecule has 0 heterocycles. The fourth-order valence-corrected chi connectivity index (χ4v) is 8.87. The molecule has 0 aromatic rings. The number of allylic oxidation sites excluding steroid dienone is 1. The second-order valence-corrected chi connectivity index (χ2v) is 15.9. The van der Waals surface area contributed by atoms with E-state index in [1.54, 1.807) is 6.92 Å². The largest absolute Gasteiger partial charge is 0.462 e. The van der Waals surface area contributed by atoms with Crippen molar-refractivity contribution in [2.24, 2.45) is 28.6 Å². The second kappa shape index (κ2) is 7.49. The number of ether oxygens (including phenoxy) is 1. The summed E-state index contributed by atoms with van der Waals surface area (Å²) in [4.78, 5) is 11.6. The number of hydrogen-bond acceptors (Lipinski definition) is 4. The van der Waals surface area contributed by atoms with E-state index in [-0.39, 0.29) is 29.5 Å². The van der Waals surface area contributed by atoms with Crippen LogP contribution in [0.3, 0.4) is 0 Å². The number of aliphatic hydroxyl groups excluding tert-OH is 1. The Morgan fingerprint density at radius 2 is 1.93 bits per heavy atom. The van der Waals surface area contributed by atoms with E-state index in [0.717, 1.165) is 51.4 Å². The SMILES string of the molecule is CC(=O)O[C@H]1CC[C@H]2[C@@H]3CC=C4C[C@@H](O[Si](C)(C)C)CC[C@]4(CO)[C@H]3CC[C@]12C. The number of carbonyl (C=O) groups excluding carboxylic acids is 1. The van der Waals surface area contributed by atoms with Crippen molar-refractivity contribution in [2.45, 2.75) is 97.1 Å². The minimum absolute atomic E-state index is 0.0386. The minimum Gasteiger partial charge on any atom is -0.462 e.